The van der Waals surface area contributed by atoms with Crippen molar-refractivity contribution >= 4 is 10.9 Å². The van der Waals surface area contributed by atoms with Crippen molar-refractivity contribution in [3.63, 3.8) is 0 Å². The quantitative estimate of drug-likeness (QED) is 0.609. The first-order chi connectivity index (χ1) is 10.3. The summed E-state index contributed by atoms with van der Waals surface area (Å²) in [6, 6.07) is 12.7. The van der Waals surface area contributed by atoms with Gasteiger partial charge in [-0.1, -0.05) is 23.4 Å². The molecule has 4 rings (SSSR count). The number of para-hydroxylation sites is 1. The second-order valence-electron chi connectivity index (χ2n) is 4.50. The summed E-state index contributed by atoms with van der Waals surface area (Å²) >= 11 is 0. The molecule has 0 radical (unpaired) electrons. The number of fused-ring (bicyclic) bond motifs is 1. The second-order valence-corrected chi connectivity index (χ2v) is 4.50. The maximum atomic E-state index is 12.1. The SMILES string of the molecule is O=c1[nH]c2ccccc2cc1-c1nc(-c2ccco2)no1. The van der Waals surface area contributed by atoms with E-state index in [4.69, 9.17) is 8.94 Å². The van der Waals surface area contributed by atoms with E-state index in [0.29, 0.717) is 17.1 Å². The molecule has 1 N–H and O–H groups in total. The van der Waals surface area contributed by atoms with Gasteiger partial charge in [-0.25, -0.2) is 0 Å². The molecule has 3 heterocycles. The number of rotatable bonds is 2. The summed E-state index contributed by atoms with van der Waals surface area (Å²) < 4.78 is 10.4. The molecule has 0 saturated carbocycles. The minimum Gasteiger partial charge on any atom is -0.461 e. The lowest BCUT2D eigenvalue weighted by atomic mass is 10.1. The average molecular weight is 279 g/mol. The molecule has 0 aliphatic rings. The monoisotopic (exact) mass is 279 g/mol. The van der Waals surface area contributed by atoms with Crippen molar-refractivity contribution < 1.29 is 8.94 Å². The lowest BCUT2D eigenvalue weighted by molar-refractivity contribution is 0.429. The van der Waals surface area contributed by atoms with Crippen LogP contribution in [-0.4, -0.2) is 15.1 Å². The lowest BCUT2D eigenvalue weighted by Crippen LogP contribution is -2.08. The van der Waals surface area contributed by atoms with E-state index >= 15 is 0 Å². The molecule has 0 aliphatic heterocycles. The topological polar surface area (TPSA) is 84.9 Å². The minimum atomic E-state index is -0.275. The Labute approximate surface area is 118 Å². The molecule has 1 aromatic carbocycles. The summed E-state index contributed by atoms with van der Waals surface area (Å²) in [5, 5.41) is 4.72. The predicted molar refractivity (Wildman–Crippen MR) is 75.6 cm³/mol. The van der Waals surface area contributed by atoms with Crippen LogP contribution in [0.15, 0.2) is 62.5 Å². The fourth-order valence-electron chi connectivity index (χ4n) is 2.15. The van der Waals surface area contributed by atoms with Crippen LogP contribution in [0.4, 0.5) is 0 Å². The molecule has 0 spiro atoms. The third-order valence-corrected chi connectivity index (χ3v) is 3.15. The van der Waals surface area contributed by atoms with Gasteiger partial charge in [-0.2, -0.15) is 4.98 Å². The minimum absolute atomic E-state index is 0.161. The van der Waals surface area contributed by atoms with Gasteiger partial charge in [0, 0.05) is 5.52 Å². The summed E-state index contributed by atoms with van der Waals surface area (Å²) in [7, 11) is 0. The van der Waals surface area contributed by atoms with Crippen molar-refractivity contribution in [3.05, 3.63) is 59.1 Å². The zero-order valence-electron chi connectivity index (χ0n) is 10.7. The summed E-state index contributed by atoms with van der Waals surface area (Å²) in [5.74, 6) is 0.957. The van der Waals surface area contributed by atoms with E-state index in [1.807, 2.05) is 24.3 Å². The van der Waals surface area contributed by atoms with Crippen molar-refractivity contribution in [3.8, 4) is 23.0 Å². The Kier molecular flexibility index (Phi) is 2.47. The van der Waals surface area contributed by atoms with Gasteiger partial charge in [0.15, 0.2) is 5.76 Å². The standard InChI is InChI=1S/C15H9N3O3/c19-14-10(8-9-4-1-2-5-11(9)16-14)15-17-13(18-21-15)12-6-3-7-20-12/h1-8H,(H,16,19). The Morgan fingerprint density at radius 1 is 1.10 bits per heavy atom. The van der Waals surface area contributed by atoms with Gasteiger partial charge in [0.05, 0.1) is 6.26 Å². The number of aromatic amines is 1. The number of aromatic nitrogens is 3. The zero-order valence-corrected chi connectivity index (χ0v) is 10.7. The first kappa shape index (κ1) is 11.7. The number of furan rings is 1. The van der Waals surface area contributed by atoms with Crippen molar-refractivity contribution in [1.29, 1.82) is 0 Å². The molecule has 0 atom stereocenters. The van der Waals surface area contributed by atoms with Crippen LogP contribution in [-0.2, 0) is 0 Å². The maximum absolute atomic E-state index is 12.1. The van der Waals surface area contributed by atoms with Crippen molar-refractivity contribution in [2.45, 2.75) is 0 Å². The Balaban J connectivity index is 1.87. The molecule has 0 saturated heterocycles. The third-order valence-electron chi connectivity index (χ3n) is 3.15. The molecule has 0 amide bonds. The highest BCUT2D eigenvalue weighted by Gasteiger charge is 2.15. The van der Waals surface area contributed by atoms with Gasteiger partial charge in [0.25, 0.3) is 11.4 Å². The molecule has 0 aliphatic carbocycles. The zero-order chi connectivity index (χ0) is 14.2. The van der Waals surface area contributed by atoms with Gasteiger partial charge in [-0.15, -0.1) is 0 Å². The normalized spacial score (nSPS) is 11.0. The van der Waals surface area contributed by atoms with E-state index < -0.39 is 0 Å². The number of hydrogen-bond acceptors (Lipinski definition) is 5. The molecule has 6 heteroatoms. The fraction of sp³-hybridized carbons (Fsp3) is 0. The van der Waals surface area contributed by atoms with Crippen LogP contribution in [0.3, 0.4) is 0 Å². The average Bonchev–Trinajstić information content (AvgIpc) is 3.17. The molecule has 6 nitrogen and oxygen atoms in total. The summed E-state index contributed by atoms with van der Waals surface area (Å²) in [5.41, 5.74) is 0.819. The van der Waals surface area contributed by atoms with Gasteiger partial charge in [-0.05, 0) is 29.7 Å². The molecular weight excluding hydrogens is 270 g/mol. The molecule has 102 valence electrons. The van der Waals surface area contributed by atoms with E-state index in [1.54, 1.807) is 18.2 Å². The molecule has 0 bridgehead atoms. The number of hydrogen-bond donors (Lipinski definition) is 1. The first-order valence-corrected chi connectivity index (χ1v) is 6.31. The molecule has 4 aromatic rings. The highest BCUT2D eigenvalue weighted by Crippen LogP contribution is 2.22. The highest BCUT2D eigenvalue weighted by atomic mass is 16.5. The molecular formula is C15H9N3O3. The number of nitrogens with zero attached hydrogens (tertiary/aromatic N) is 2. The highest BCUT2D eigenvalue weighted by molar-refractivity contribution is 5.82. The second kappa shape index (κ2) is 4.45. The van der Waals surface area contributed by atoms with E-state index in [9.17, 15) is 4.79 Å². The van der Waals surface area contributed by atoms with Crippen LogP contribution < -0.4 is 5.56 Å². The number of H-pyrrole nitrogens is 1. The molecule has 3 aromatic heterocycles. The van der Waals surface area contributed by atoms with E-state index in [0.717, 1.165) is 10.9 Å². The summed E-state index contributed by atoms with van der Waals surface area (Å²) in [6.07, 6.45) is 1.52. The summed E-state index contributed by atoms with van der Waals surface area (Å²) in [6.45, 7) is 0. The number of nitrogens with one attached hydrogen (secondary N) is 1. The van der Waals surface area contributed by atoms with Crippen molar-refractivity contribution in [2.75, 3.05) is 0 Å². The fourth-order valence-corrected chi connectivity index (χ4v) is 2.15. The van der Waals surface area contributed by atoms with Crippen molar-refractivity contribution in [1.82, 2.24) is 15.1 Å². The smallest absolute Gasteiger partial charge is 0.263 e. The van der Waals surface area contributed by atoms with Crippen molar-refractivity contribution in [2.24, 2.45) is 0 Å². The predicted octanol–water partition coefficient (Wildman–Crippen LogP) is 2.84. The van der Waals surface area contributed by atoms with E-state index in [-0.39, 0.29) is 11.4 Å². The van der Waals surface area contributed by atoms with E-state index in [1.165, 1.54) is 6.26 Å². The van der Waals surface area contributed by atoms with Crippen LogP contribution in [0, 0.1) is 0 Å². The molecule has 0 unspecified atom stereocenters. The number of pyridine rings is 1. The Hall–Kier alpha value is -3.15. The van der Waals surface area contributed by atoms with Crippen LogP contribution in [0.2, 0.25) is 0 Å². The largest absolute Gasteiger partial charge is 0.461 e. The number of benzene rings is 1. The Bertz CT molecular complexity index is 967. The Morgan fingerprint density at radius 3 is 2.86 bits per heavy atom. The van der Waals surface area contributed by atoms with Crippen LogP contribution in [0.1, 0.15) is 0 Å². The summed E-state index contributed by atoms with van der Waals surface area (Å²) in [4.78, 5) is 19.1. The van der Waals surface area contributed by atoms with Gasteiger partial charge in [0.2, 0.25) is 5.82 Å². The van der Waals surface area contributed by atoms with Gasteiger partial charge in [-0.3, -0.25) is 4.79 Å². The van der Waals surface area contributed by atoms with Crippen LogP contribution >= 0.6 is 0 Å². The lowest BCUT2D eigenvalue weighted by Gasteiger charge is -1.98. The Morgan fingerprint density at radius 2 is 2.00 bits per heavy atom. The van der Waals surface area contributed by atoms with Crippen LogP contribution in [0.5, 0.6) is 0 Å². The van der Waals surface area contributed by atoms with E-state index in [2.05, 4.69) is 15.1 Å². The third kappa shape index (κ3) is 1.93. The van der Waals surface area contributed by atoms with Crippen LogP contribution in [0.25, 0.3) is 33.9 Å². The maximum Gasteiger partial charge on any atom is 0.263 e. The molecule has 21 heavy (non-hydrogen) atoms. The van der Waals surface area contributed by atoms with Gasteiger partial charge < -0.3 is 13.9 Å². The van der Waals surface area contributed by atoms with Gasteiger partial charge >= 0.3 is 0 Å². The molecule has 0 fully saturated rings. The van der Waals surface area contributed by atoms with Gasteiger partial charge in [0.1, 0.15) is 5.56 Å². The first-order valence-electron chi connectivity index (χ1n) is 6.31.